The van der Waals surface area contributed by atoms with Crippen molar-refractivity contribution in [3.05, 3.63) is 64.6 Å². The van der Waals surface area contributed by atoms with E-state index in [1.807, 2.05) is 49.8 Å². The van der Waals surface area contributed by atoms with Crippen molar-refractivity contribution >= 4 is 0 Å². The van der Waals surface area contributed by atoms with Crippen LogP contribution in [-0.4, -0.2) is 37.5 Å². The number of ether oxygens (including phenoxy) is 1. The summed E-state index contributed by atoms with van der Waals surface area (Å²) < 4.78 is 13.6. The van der Waals surface area contributed by atoms with Gasteiger partial charge in [0.05, 0.1) is 36.3 Å². The number of aryl methyl sites for hydroxylation is 3. The Morgan fingerprint density at radius 3 is 2.85 bits per heavy atom. The molecule has 27 heavy (non-hydrogen) atoms. The Morgan fingerprint density at radius 1 is 1.19 bits per heavy atom. The zero-order chi connectivity index (χ0) is 18.8. The molecule has 0 radical (unpaired) electrons. The van der Waals surface area contributed by atoms with Gasteiger partial charge in [-0.3, -0.25) is 14.6 Å². The molecule has 3 aromatic rings. The summed E-state index contributed by atoms with van der Waals surface area (Å²) in [5.41, 5.74) is 5.26. The Hall–Kier alpha value is -2.51. The second-order valence-corrected chi connectivity index (χ2v) is 7.18. The van der Waals surface area contributed by atoms with Crippen LogP contribution in [0.3, 0.4) is 0 Å². The van der Waals surface area contributed by atoms with E-state index in [0.717, 1.165) is 54.6 Å². The van der Waals surface area contributed by atoms with Gasteiger partial charge < -0.3 is 9.26 Å². The average Bonchev–Trinajstić information content (AvgIpc) is 3.16. The lowest BCUT2D eigenvalue weighted by Crippen LogP contribution is -2.33. The van der Waals surface area contributed by atoms with E-state index in [1.54, 1.807) is 0 Å². The number of fused-ring (bicyclic) bond motifs is 1. The maximum Gasteiger partial charge on any atom is 0.138 e. The van der Waals surface area contributed by atoms with Crippen LogP contribution in [0.15, 0.2) is 35.0 Å². The molecule has 3 aromatic heterocycles. The largest absolute Gasteiger partial charge is 0.369 e. The molecule has 4 rings (SSSR count). The van der Waals surface area contributed by atoms with Crippen LogP contribution < -0.4 is 0 Å². The Labute approximate surface area is 158 Å². The van der Waals surface area contributed by atoms with Gasteiger partial charge in [0.1, 0.15) is 5.76 Å². The van der Waals surface area contributed by atoms with Gasteiger partial charge in [-0.05, 0) is 39.0 Å². The van der Waals surface area contributed by atoms with Crippen LogP contribution >= 0.6 is 0 Å². The quantitative estimate of drug-likeness (QED) is 0.691. The van der Waals surface area contributed by atoms with Gasteiger partial charge in [-0.2, -0.15) is 5.10 Å². The number of aromatic nitrogens is 4. The fourth-order valence-corrected chi connectivity index (χ4v) is 3.55. The van der Waals surface area contributed by atoms with Crippen LogP contribution in [0.2, 0.25) is 0 Å². The summed E-state index contributed by atoms with van der Waals surface area (Å²) in [6.07, 6.45) is 1.89. The van der Waals surface area contributed by atoms with Crippen LogP contribution in [-0.2, 0) is 31.0 Å². The molecule has 1 unspecified atom stereocenters. The minimum absolute atomic E-state index is 0.0361. The highest BCUT2D eigenvalue weighted by molar-refractivity contribution is 5.21. The van der Waals surface area contributed by atoms with Crippen molar-refractivity contribution in [1.82, 2.24) is 24.8 Å². The summed E-state index contributed by atoms with van der Waals surface area (Å²) in [5.74, 6) is 0.881. The summed E-state index contributed by atoms with van der Waals surface area (Å²) in [7, 11) is 0. The highest BCUT2D eigenvalue weighted by Crippen LogP contribution is 2.20. The van der Waals surface area contributed by atoms with E-state index >= 15 is 0 Å². The van der Waals surface area contributed by atoms with E-state index in [0.29, 0.717) is 6.61 Å². The molecule has 0 N–H and O–H groups in total. The van der Waals surface area contributed by atoms with E-state index in [2.05, 4.69) is 26.2 Å². The number of hydrogen-bond donors (Lipinski definition) is 0. The standard InChI is InChI=1S/C20H25N5O2/c1-14-5-4-6-17(22-14)13-26-19-10-24(9-18-7-8-21-25(18)11-19)12-20-15(2)23-27-16(20)3/h4-8,19H,9-13H2,1-3H3. The van der Waals surface area contributed by atoms with Crippen molar-refractivity contribution in [2.24, 2.45) is 0 Å². The Bertz CT molecular complexity index is 897. The lowest BCUT2D eigenvalue weighted by atomic mass is 10.2. The van der Waals surface area contributed by atoms with E-state index in [9.17, 15) is 0 Å². The lowest BCUT2D eigenvalue weighted by Gasteiger charge is -2.24. The maximum atomic E-state index is 6.24. The van der Waals surface area contributed by atoms with Gasteiger partial charge in [-0.15, -0.1) is 0 Å². The van der Waals surface area contributed by atoms with Crippen LogP contribution in [0.25, 0.3) is 0 Å². The third-order valence-corrected chi connectivity index (χ3v) is 5.00. The molecule has 4 heterocycles. The van der Waals surface area contributed by atoms with Gasteiger partial charge in [-0.1, -0.05) is 11.2 Å². The minimum atomic E-state index is 0.0361. The summed E-state index contributed by atoms with van der Waals surface area (Å²) in [6, 6.07) is 8.09. The maximum absolute atomic E-state index is 6.24. The molecule has 0 amide bonds. The van der Waals surface area contributed by atoms with Crippen LogP contribution in [0.4, 0.5) is 0 Å². The number of hydrogen-bond acceptors (Lipinski definition) is 6. The van der Waals surface area contributed by atoms with Crippen molar-refractivity contribution < 1.29 is 9.26 Å². The summed E-state index contributed by atoms with van der Waals surface area (Å²) >= 11 is 0. The molecule has 1 atom stereocenters. The van der Waals surface area contributed by atoms with E-state index < -0.39 is 0 Å². The SMILES string of the molecule is Cc1cccc(COC2CN(Cc3c(C)noc3C)Cc3ccnn3C2)n1. The predicted molar refractivity (Wildman–Crippen MR) is 99.9 cm³/mol. The topological polar surface area (TPSA) is 69.2 Å². The molecule has 7 nitrogen and oxygen atoms in total. The highest BCUT2D eigenvalue weighted by Gasteiger charge is 2.24. The fraction of sp³-hybridized carbons (Fsp3) is 0.450. The van der Waals surface area contributed by atoms with Crippen LogP contribution in [0, 0.1) is 20.8 Å². The van der Waals surface area contributed by atoms with Gasteiger partial charge in [0.2, 0.25) is 0 Å². The van der Waals surface area contributed by atoms with E-state index in [1.165, 1.54) is 5.69 Å². The Balaban J connectivity index is 1.50. The smallest absolute Gasteiger partial charge is 0.138 e. The van der Waals surface area contributed by atoms with Crippen LogP contribution in [0.1, 0.15) is 34.1 Å². The van der Waals surface area contributed by atoms with Gasteiger partial charge in [0, 0.05) is 37.1 Å². The molecule has 0 saturated heterocycles. The molecule has 0 bridgehead atoms. The zero-order valence-electron chi connectivity index (χ0n) is 16.1. The Morgan fingerprint density at radius 2 is 2.07 bits per heavy atom. The van der Waals surface area contributed by atoms with Gasteiger partial charge in [-0.25, -0.2) is 0 Å². The first-order chi connectivity index (χ1) is 13.1. The van der Waals surface area contributed by atoms with E-state index in [4.69, 9.17) is 9.26 Å². The van der Waals surface area contributed by atoms with Gasteiger partial charge in [0.15, 0.2) is 0 Å². The number of rotatable bonds is 5. The first-order valence-electron chi connectivity index (χ1n) is 9.27. The van der Waals surface area contributed by atoms with Crippen LogP contribution in [0.5, 0.6) is 0 Å². The third kappa shape index (κ3) is 4.09. The molecule has 0 fully saturated rings. The van der Waals surface area contributed by atoms with E-state index in [-0.39, 0.29) is 6.10 Å². The number of nitrogens with zero attached hydrogens (tertiary/aromatic N) is 5. The molecule has 0 aliphatic carbocycles. The highest BCUT2D eigenvalue weighted by atomic mass is 16.5. The predicted octanol–water partition coefficient (Wildman–Crippen LogP) is 2.79. The summed E-state index contributed by atoms with van der Waals surface area (Å²) in [6.45, 7) is 9.63. The molecule has 1 aliphatic rings. The fourth-order valence-electron chi connectivity index (χ4n) is 3.55. The molecule has 0 spiro atoms. The first-order valence-corrected chi connectivity index (χ1v) is 9.27. The summed E-state index contributed by atoms with van der Waals surface area (Å²) in [4.78, 5) is 6.91. The monoisotopic (exact) mass is 367 g/mol. The average molecular weight is 367 g/mol. The van der Waals surface area contributed by atoms with Gasteiger partial charge in [0.25, 0.3) is 0 Å². The lowest BCUT2D eigenvalue weighted by molar-refractivity contribution is 0.00563. The van der Waals surface area contributed by atoms with Crippen molar-refractivity contribution in [3.63, 3.8) is 0 Å². The molecule has 7 heteroatoms. The second-order valence-electron chi connectivity index (χ2n) is 7.18. The number of pyridine rings is 1. The normalized spacial score (nSPS) is 17.7. The van der Waals surface area contributed by atoms with Gasteiger partial charge >= 0.3 is 0 Å². The molecule has 142 valence electrons. The van der Waals surface area contributed by atoms with Crippen molar-refractivity contribution in [2.75, 3.05) is 6.54 Å². The Kier molecular flexibility index (Phi) is 5.05. The third-order valence-electron chi connectivity index (χ3n) is 5.00. The van der Waals surface area contributed by atoms with Crippen molar-refractivity contribution in [1.29, 1.82) is 0 Å². The molecule has 0 aromatic carbocycles. The molecular formula is C20H25N5O2. The zero-order valence-corrected chi connectivity index (χ0v) is 16.1. The summed E-state index contributed by atoms with van der Waals surface area (Å²) in [5, 5.41) is 8.55. The van der Waals surface area contributed by atoms with Crippen molar-refractivity contribution in [3.8, 4) is 0 Å². The second kappa shape index (κ2) is 7.62. The first kappa shape index (κ1) is 17.9. The molecule has 0 saturated carbocycles. The van der Waals surface area contributed by atoms with Crippen molar-refractivity contribution in [2.45, 2.75) is 53.1 Å². The molecule has 1 aliphatic heterocycles. The molecular weight excluding hydrogens is 342 g/mol. The minimum Gasteiger partial charge on any atom is -0.369 e.